The van der Waals surface area contributed by atoms with E-state index in [0.717, 1.165) is 18.8 Å². The van der Waals surface area contributed by atoms with Gasteiger partial charge in [-0.3, -0.25) is 0 Å². The molecule has 3 heteroatoms. The van der Waals surface area contributed by atoms with Gasteiger partial charge in [0.1, 0.15) is 0 Å². The van der Waals surface area contributed by atoms with Gasteiger partial charge < -0.3 is 16.4 Å². The van der Waals surface area contributed by atoms with Gasteiger partial charge in [-0.2, -0.15) is 0 Å². The Bertz CT molecular complexity index is 98.5. The number of likely N-dealkylation sites (N-methyl/N-ethyl adjacent to an activating group) is 1. The van der Waals surface area contributed by atoms with E-state index in [9.17, 15) is 0 Å². The van der Waals surface area contributed by atoms with Crippen LogP contribution in [-0.4, -0.2) is 25.0 Å². The predicted molar refractivity (Wildman–Crippen MR) is 39.6 cm³/mol. The molecule has 4 N–H and O–H groups in total. The van der Waals surface area contributed by atoms with Crippen molar-refractivity contribution in [2.75, 3.05) is 20.1 Å². The Morgan fingerprint density at radius 3 is 2.56 bits per heavy atom. The summed E-state index contributed by atoms with van der Waals surface area (Å²) in [6, 6.07) is 0. The number of nitrogens with two attached hydrogens (primary N) is 2. The fraction of sp³-hybridized carbons (Fsp3) is 0.667. The first kappa shape index (κ1) is 8.30. The number of rotatable bonds is 3. The minimum Gasteiger partial charge on any atom is -0.403 e. The molecule has 9 heavy (non-hydrogen) atoms. The zero-order valence-corrected chi connectivity index (χ0v) is 6.09. The van der Waals surface area contributed by atoms with Gasteiger partial charge in [-0.15, -0.1) is 0 Å². The van der Waals surface area contributed by atoms with Crippen LogP contribution in [0.3, 0.4) is 0 Å². The van der Waals surface area contributed by atoms with Crippen molar-refractivity contribution >= 4 is 0 Å². The molecule has 0 saturated heterocycles. The maximum Gasteiger partial charge on any atom is 0.0391 e. The van der Waals surface area contributed by atoms with Crippen LogP contribution < -0.4 is 11.5 Å². The van der Waals surface area contributed by atoms with Gasteiger partial charge in [0.2, 0.25) is 0 Å². The minimum atomic E-state index is 0.722. The van der Waals surface area contributed by atoms with Crippen LogP contribution in [0.4, 0.5) is 0 Å². The van der Waals surface area contributed by atoms with E-state index < -0.39 is 0 Å². The fourth-order valence-corrected chi connectivity index (χ4v) is 0.476. The van der Waals surface area contributed by atoms with E-state index in [4.69, 9.17) is 11.5 Å². The third-order valence-corrected chi connectivity index (χ3v) is 1.21. The molecule has 0 aromatic carbocycles. The van der Waals surface area contributed by atoms with Gasteiger partial charge in [-0.25, -0.2) is 0 Å². The average molecular weight is 129 g/mol. The molecule has 0 atom stereocenters. The van der Waals surface area contributed by atoms with Crippen molar-refractivity contribution in [1.82, 2.24) is 4.90 Å². The summed E-state index contributed by atoms with van der Waals surface area (Å²) < 4.78 is 0. The smallest absolute Gasteiger partial charge is 0.0391 e. The van der Waals surface area contributed by atoms with Crippen LogP contribution in [0.15, 0.2) is 11.9 Å². The molecule has 0 rings (SSSR count). The van der Waals surface area contributed by atoms with Gasteiger partial charge in [0, 0.05) is 18.4 Å². The highest BCUT2D eigenvalue weighted by Crippen LogP contribution is 1.85. The molecule has 0 aliphatic rings. The lowest BCUT2D eigenvalue weighted by Gasteiger charge is -2.12. The first-order chi connectivity index (χ1) is 4.20. The van der Waals surface area contributed by atoms with Gasteiger partial charge >= 0.3 is 0 Å². The molecule has 0 saturated carbocycles. The highest BCUT2D eigenvalue weighted by atomic mass is 15.1. The standard InChI is InChI=1S/C6H15N3/c1-3-9(2)5-6(8)4-7/h4H,3,5,7-8H2,1-2H3/b6-4-. The van der Waals surface area contributed by atoms with E-state index in [0.29, 0.717) is 0 Å². The van der Waals surface area contributed by atoms with E-state index in [1.54, 1.807) is 0 Å². The summed E-state index contributed by atoms with van der Waals surface area (Å²) in [5.41, 5.74) is 11.3. The van der Waals surface area contributed by atoms with Gasteiger partial charge in [0.05, 0.1) is 0 Å². The Morgan fingerprint density at radius 1 is 1.67 bits per heavy atom. The highest BCUT2D eigenvalue weighted by molar-refractivity contribution is 4.95. The Morgan fingerprint density at radius 2 is 2.22 bits per heavy atom. The summed E-state index contributed by atoms with van der Waals surface area (Å²) in [5.74, 6) is 0. The molecule has 0 aliphatic carbocycles. The summed E-state index contributed by atoms with van der Waals surface area (Å²) in [6.45, 7) is 3.82. The Labute approximate surface area is 56.3 Å². The second-order valence-corrected chi connectivity index (χ2v) is 2.07. The maximum atomic E-state index is 5.44. The van der Waals surface area contributed by atoms with Crippen LogP contribution >= 0.6 is 0 Å². The zero-order chi connectivity index (χ0) is 7.28. The SMILES string of the molecule is CCN(C)C/C(N)=C/N. The van der Waals surface area contributed by atoms with Crippen molar-refractivity contribution in [3.8, 4) is 0 Å². The van der Waals surface area contributed by atoms with Crippen molar-refractivity contribution in [2.45, 2.75) is 6.92 Å². The molecule has 0 unspecified atom stereocenters. The summed E-state index contributed by atoms with van der Waals surface area (Å²) in [6.07, 6.45) is 1.44. The quantitative estimate of drug-likeness (QED) is 0.550. The van der Waals surface area contributed by atoms with Crippen molar-refractivity contribution < 1.29 is 0 Å². The maximum absolute atomic E-state index is 5.44. The second kappa shape index (κ2) is 4.21. The normalized spacial score (nSPS) is 12.6. The van der Waals surface area contributed by atoms with Gasteiger partial charge in [0.15, 0.2) is 0 Å². The lowest BCUT2D eigenvalue weighted by molar-refractivity contribution is 0.381. The van der Waals surface area contributed by atoms with Crippen molar-refractivity contribution in [1.29, 1.82) is 0 Å². The Kier molecular flexibility index (Phi) is 3.88. The van der Waals surface area contributed by atoms with E-state index in [1.807, 2.05) is 7.05 Å². The lowest BCUT2D eigenvalue weighted by Crippen LogP contribution is -2.24. The average Bonchev–Trinajstić information content (AvgIpc) is 1.87. The summed E-state index contributed by atoms with van der Waals surface area (Å²) in [4.78, 5) is 2.08. The van der Waals surface area contributed by atoms with Crippen LogP contribution in [0.1, 0.15) is 6.92 Å². The molecule has 0 aliphatic heterocycles. The van der Waals surface area contributed by atoms with Crippen LogP contribution in [0.2, 0.25) is 0 Å². The van der Waals surface area contributed by atoms with Gasteiger partial charge in [0.25, 0.3) is 0 Å². The first-order valence-corrected chi connectivity index (χ1v) is 3.05. The summed E-state index contributed by atoms with van der Waals surface area (Å²) in [5, 5.41) is 0. The van der Waals surface area contributed by atoms with Crippen LogP contribution in [0.25, 0.3) is 0 Å². The van der Waals surface area contributed by atoms with Crippen molar-refractivity contribution in [2.24, 2.45) is 11.5 Å². The molecule has 54 valence electrons. The van der Waals surface area contributed by atoms with E-state index in [1.165, 1.54) is 6.20 Å². The molecule has 0 heterocycles. The van der Waals surface area contributed by atoms with Gasteiger partial charge in [-0.1, -0.05) is 6.92 Å². The molecule has 0 aromatic rings. The van der Waals surface area contributed by atoms with Crippen LogP contribution in [0, 0.1) is 0 Å². The third kappa shape index (κ3) is 3.85. The second-order valence-electron chi connectivity index (χ2n) is 2.07. The molecule has 0 spiro atoms. The fourth-order valence-electron chi connectivity index (χ4n) is 0.476. The minimum absolute atomic E-state index is 0.722. The molecule has 3 nitrogen and oxygen atoms in total. The number of hydrogen-bond donors (Lipinski definition) is 2. The highest BCUT2D eigenvalue weighted by Gasteiger charge is 1.93. The zero-order valence-electron chi connectivity index (χ0n) is 6.09. The Balaban J connectivity index is 3.47. The van der Waals surface area contributed by atoms with E-state index in [2.05, 4.69) is 11.8 Å². The Hall–Kier alpha value is -0.700. The number of nitrogens with zero attached hydrogens (tertiary/aromatic N) is 1. The van der Waals surface area contributed by atoms with Crippen molar-refractivity contribution in [3.63, 3.8) is 0 Å². The lowest BCUT2D eigenvalue weighted by atomic mass is 10.4. The molecule has 0 fully saturated rings. The predicted octanol–water partition coefficient (Wildman–Crippen LogP) is -0.303. The largest absolute Gasteiger partial charge is 0.403 e. The molecule has 0 aromatic heterocycles. The number of hydrogen-bond acceptors (Lipinski definition) is 3. The topological polar surface area (TPSA) is 55.3 Å². The monoisotopic (exact) mass is 129 g/mol. The summed E-state index contributed by atoms with van der Waals surface area (Å²) in [7, 11) is 2.00. The van der Waals surface area contributed by atoms with Crippen molar-refractivity contribution in [3.05, 3.63) is 11.9 Å². The molecule has 0 radical (unpaired) electrons. The molecule has 0 amide bonds. The summed E-state index contributed by atoms with van der Waals surface area (Å²) >= 11 is 0. The van der Waals surface area contributed by atoms with Crippen LogP contribution in [-0.2, 0) is 0 Å². The van der Waals surface area contributed by atoms with E-state index in [-0.39, 0.29) is 0 Å². The van der Waals surface area contributed by atoms with Crippen LogP contribution in [0.5, 0.6) is 0 Å². The first-order valence-electron chi connectivity index (χ1n) is 3.05. The molecular formula is C6H15N3. The molecule has 0 bridgehead atoms. The van der Waals surface area contributed by atoms with E-state index >= 15 is 0 Å². The third-order valence-electron chi connectivity index (χ3n) is 1.21. The molecular weight excluding hydrogens is 114 g/mol. The van der Waals surface area contributed by atoms with Gasteiger partial charge in [-0.05, 0) is 13.6 Å².